The SMILES string of the molecule is C(CC1CCNCC1)CC1CCNCC1.C1CNCCN1.CCC(N)CO.CN(C)CCCN.CN(C)CCN.NCC12CC3CC(CC(C3)C1)C2.NCC1CC1.NCC1CCCCC1.NCC1CCCO1.NCCCN1CCOCC1.NCCCn1ccnc1.NCCN1CCCCC1.NCCN1CCOCC1.NCCOCCO. The molecule has 7 aliphatic heterocycles. The highest BCUT2D eigenvalue weighted by Gasteiger charge is 2.50. The quantitative estimate of drug-likeness (QED) is 0.0512. The Kier molecular flexibility index (Phi) is 82.6. The van der Waals surface area contributed by atoms with E-state index in [0.717, 1.165) is 257 Å². The Morgan fingerprint density at radius 2 is 0.931 bits per heavy atom. The summed E-state index contributed by atoms with van der Waals surface area (Å²) in [7, 11) is 8.12. The standard InChI is InChI=1S/C13H26N2.C11H19N.C7H16N2O.C7H16N2.C7H15N.C6H11N3.C6H14N2O.C5H14N2.C5H11NO.C4H10N2.C4H12N2.C4H11NO2.C4H11NO.C4H9N/c1(2-12-4-8-14-9-5-12)3-13-6-10-15-11-7-13;12-7-11-4-8-1-9(5-11)3-10(2-8)6-11;8-2-1-3-9-4-6-10-7-5-9;8-4-7-9-5-2-1-3-6-9;8-6-7-4-2-1-3-5-7;7-2-1-4-9-5-3-8-6-9;7-1-2-8-3-5-9-6-4-8;1-7(2)5-3-4-6;6-4-5-2-1-3-7-5;1-2-6-4-3-5-1;1-6(2)4-3-5;5-1-3-7-4-2-6;1-2-4(5)3-6;5-3-4-1-2-4/h12-15H,1-11H2;8-10H,1-7,12H2;1-8H2;1-8H2;7H,1-6,8H2;3,5-6H,1-2,4,7H2;1-7H2;3-6H2,1-2H3;5H,1-4,6H2;5-6H,1-4H2;3-5H2,1-2H3;6H,1-5H2;4,6H,2-3,5H2,1H3;4H,1-3,5H2. The normalized spacial score (nSPS) is 23.4. The molecule has 2 atom stereocenters. The summed E-state index contributed by atoms with van der Waals surface area (Å²) in [4.78, 5) is 15.3. The fourth-order valence-corrected chi connectivity index (χ4v) is 16.0. The number of rotatable bonds is 29. The van der Waals surface area contributed by atoms with E-state index in [1.807, 2.05) is 31.8 Å². The second-order valence-electron chi connectivity index (χ2n) is 34.2. The monoisotopic (exact) mass is 1660 g/mol. The van der Waals surface area contributed by atoms with Gasteiger partial charge in [0.05, 0.1) is 65.3 Å². The number of likely N-dealkylation sites (tertiary alicyclic amines) is 1. The minimum absolute atomic E-state index is 0.00926. The van der Waals surface area contributed by atoms with Gasteiger partial charge in [-0.15, -0.1) is 0 Å². The molecule has 13 fully saturated rings. The van der Waals surface area contributed by atoms with Gasteiger partial charge in [0.15, 0.2) is 0 Å². The zero-order valence-electron chi connectivity index (χ0n) is 75.8. The van der Waals surface area contributed by atoms with E-state index < -0.39 is 0 Å². The summed E-state index contributed by atoms with van der Waals surface area (Å²) in [6.45, 7) is 39.0. The molecule has 694 valence electrons. The lowest BCUT2D eigenvalue weighted by Crippen LogP contribution is -2.49. The zero-order chi connectivity index (χ0) is 85.4. The second-order valence-corrected chi connectivity index (χ2v) is 34.2. The Bertz CT molecular complexity index is 1950. The van der Waals surface area contributed by atoms with Crippen LogP contribution in [0.5, 0.6) is 0 Å². The van der Waals surface area contributed by atoms with E-state index in [1.54, 1.807) is 12.5 Å². The number of aryl methyl sites for hydroxylation is 1. The summed E-state index contributed by atoms with van der Waals surface area (Å²) >= 11 is 0. The lowest BCUT2D eigenvalue weighted by atomic mass is 9.50. The van der Waals surface area contributed by atoms with E-state index in [9.17, 15) is 0 Å². The first kappa shape index (κ1) is 114. The Balaban J connectivity index is 0.00000124. The van der Waals surface area contributed by atoms with Crippen molar-refractivity contribution in [2.45, 2.75) is 212 Å². The number of ether oxygens (including phenoxy) is 4. The molecule has 1 aromatic heterocycles. The molecule has 4 bridgehead atoms. The average Bonchev–Trinajstić information content (AvgIpc) is 1.05. The van der Waals surface area contributed by atoms with Crippen LogP contribution in [0.4, 0.5) is 0 Å². The number of nitrogens with one attached hydrogen (secondary N) is 4. The van der Waals surface area contributed by atoms with Gasteiger partial charge >= 0.3 is 0 Å². The number of imidazole rings is 1. The van der Waals surface area contributed by atoms with Gasteiger partial charge in [-0.25, -0.2) is 4.98 Å². The molecule has 29 nitrogen and oxygen atoms in total. The first-order chi connectivity index (χ1) is 56.5. The van der Waals surface area contributed by atoms with Crippen LogP contribution in [0.3, 0.4) is 0 Å². The lowest BCUT2D eigenvalue weighted by molar-refractivity contribution is -0.0468. The number of nitrogens with zero attached hydrogens (tertiary/aromatic N) is 7. The van der Waals surface area contributed by atoms with E-state index in [-0.39, 0.29) is 19.3 Å². The van der Waals surface area contributed by atoms with Crippen LogP contribution in [-0.4, -0.2) is 340 Å². The van der Waals surface area contributed by atoms with E-state index in [2.05, 4.69) is 64.8 Å². The molecule has 6 aliphatic carbocycles. The van der Waals surface area contributed by atoms with Crippen molar-refractivity contribution in [2.75, 3.05) is 284 Å². The average molecular weight is 1660 g/mol. The summed E-state index contributed by atoms with van der Waals surface area (Å²) in [5, 5.41) is 29.7. The Labute approximate surface area is 711 Å². The van der Waals surface area contributed by atoms with E-state index >= 15 is 0 Å². The topological polar surface area (TPSA) is 472 Å². The van der Waals surface area contributed by atoms with Crippen molar-refractivity contribution in [1.29, 1.82) is 0 Å². The van der Waals surface area contributed by atoms with Gasteiger partial charge in [-0.1, -0.05) is 51.9 Å². The molecule has 14 rings (SSSR count). The second kappa shape index (κ2) is 84.0. The van der Waals surface area contributed by atoms with Crippen LogP contribution < -0.4 is 90.1 Å². The number of likely N-dealkylation sites (N-methyl/N-ethyl adjacent to an activating group) is 1. The zero-order valence-corrected chi connectivity index (χ0v) is 75.8. The highest BCUT2D eigenvalue weighted by Crippen LogP contribution is 2.59. The lowest BCUT2D eigenvalue weighted by Gasteiger charge is -2.56. The summed E-state index contributed by atoms with van der Waals surface area (Å²) < 4.78 is 22.3. The van der Waals surface area contributed by atoms with Gasteiger partial charge < -0.3 is 138 Å². The minimum Gasteiger partial charge on any atom is -0.395 e. The predicted octanol–water partition coefficient (Wildman–Crippen LogP) is 3.18. The van der Waals surface area contributed by atoms with Gasteiger partial charge in [0.2, 0.25) is 0 Å². The highest BCUT2D eigenvalue weighted by atomic mass is 16.5. The Morgan fingerprint density at radius 1 is 0.466 bits per heavy atom. The molecule has 6 saturated carbocycles. The molecule has 1 aromatic rings. The molecule has 7 saturated heterocycles. The summed E-state index contributed by atoms with van der Waals surface area (Å²) in [5.41, 5.74) is 64.8. The number of aromatic nitrogens is 2. The fourth-order valence-electron chi connectivity index (χ4n) is 16.0. The highest BCUT2D eigenvalue weighted by molar-refractivity contribution is 5.01. The molecule has 29 heteroatoms. The van der Waals surface area contributed by atoms with Crippen LogP contribution in [0, 0.1) is 46.8 Å². The van der Waals surface area contributed by atoms with Crippen LogP contribution >= 0.6 is 0 Å². The third-order valence-electron chi connectivity index (χ3n) is 23.1. The fraction of sp³-hybridized carbons (Fsp3) is 0.966. The first-order valence-corrected chi connectivity index (χ1v) is 46.8. The molecule has 0 radical (unpaired) electrons. The Hall–Kier alpha value is -1.87. The van der Waals surface area contributed by atoms with Crippen LogP contribution in [0.25, 0.3) is 0 Å². The number of morpholine rings is 2. The molecular formula is C87H195N23O6. The van der Waals surface area contributed by atoms with Crippen molar-refractivity contribution in [3.8, 4) is 0 Å². The summed E-state index contributed by atoms with van der Waals surface area (Å²) in [5.74, 6) is 7.05. The maximum Gasteiger partial charge on any atom is 0.0945 e. The molecule has 0 amide bonds. The predicted molar refractivity (Wildman–Crippen MR) is 491 cm³/mol. The van der Waals surface area contributed by atoms with Gasteiger partial charge in [-0.05, 0) is 308 Å². The molecule has 30 N–H and O–H groups in total. The number of hydrogen-bond donors (Lipinski definition) is 18. The maximum atomic E-state index is 8.21. The smallest absolute Gasteiger partial charge is 0.0945 e. The van der Waals surface area contributed by atoms with Crippen molar-refractivity contribution < 1.29 is 29.2 Å². The van der Waals surface area contributed by atoms with Crippen LogP contribution in [0.1, 0.15) is 193 Å². The molecule has 0 aromatic carbocycles. The van der Waals surface area contributed by atoms with Crippen molar-refractivity contribution in [1.82, 2.24) is 55.3 Å². The van der Waals surface area contributed by atoms with Crippen LogP contribution in [-0.2, 0) is 25.5 Å². The van der Waals surface area contributed by atoms with Gasteiger partial charge in [0, 0.05) is 136 Å². The van der Waals surface area contributed by atoms with Crippen molar-refractivity contribution in [2.24, 2.45) is 116 Å². The first-order valence-electron chi connectivity index (χ1n) is 46.8. The van der Waals surface area contributed by atoms with Crippen LogP contribution in [0.15, 0.2) is 18.7 Å². The maximum absolute atomic E-state index is 8.21. The molecule has 8 heterocycles. The van der Waals surface area contributed by atoms with Gasteiger partial charge in [-0.2, -0.15) is 0 Å². The van der Waals surface area contributed by atoms with E-state index in [1.165, 1.54) is 193 Å². The number of piperazine rings is 1. The van der Waals surface area contributed by atoms with Crippen molar-refractivity contribution in [3.05, 3.63) is 18.7 Å². The largest absolute Gasteiger partial charge is 0.395 e. The molecule has 0 spiro atoms. The number of hydrogen-bond acceptors (Lipinski definition) is 28. The number of nitrogens with two attached hydrogens (primary N) is 12. The molecule has 13 aliphatic rings. The number of piperidine rings is 3. The minimum atomic E-state index is -0.00926. The molecule has 116 heavy (non-hydrogen) atoms. The Morgan fingerprint density at radius 3 is 1.25 bits per heavy atom. The summed E-state index contributed by atoms with van der Waals surface area (Å²) in [6, 6.07) is -0.00926. The number of aliphatic hydroxyl groups excluding tert-OH is 2. The van der Waals surface area contributed by atoms with E-state index in [0.29, 0.717) is 37.8 Å². The third-order valence-corrected chi connectivity index (χ3v) is 23.1. The van der Waals surface area contributed by atoms with Crippen molar-refractivity contribution in [3.63, 3.8) is 0 Å². The third kappa shape index (κ3) is 70.5. The van der Waals surface area contributed by atoms with Crippen molar-refractivity contribution >= 4 is 0 Å². The number of aliphatic hydroxyl groups is 2. The molecule has 2 unspecified atom stereocenters. The van der Waals surface area contributed by atoms with Gasteiger partial charge in [0.25, 0.3) is 0 Å². The van der Waals surface area contributed by atoms with Gasteiger partial charge in [0.1, 0.15) is 0 Å². The van der Waals surface area contributed by atoms with Crippen LogP contribution in [0.2, 0.25) is 0 Å². The van der Waals surface area contributed by atoms with Gasteiger partial charge in [-0.3, -0.25) is 9.80 Å². The van der Waals surface area contributed by atoms with E-state index in [4.69, 9.17) is 98.0 Å². The summed E-state index contributed by atoms with van der Waals surface area (Å²) in [6.07, 6.45) is 45.5. The molecular weight excluding hydrogens is 1460 g/mol.